The van der Waals surface area contributed by atoms with Gasteiger partial charge < -0.3 is 15.5 Å². The van der Waals surface area contributed by atoms with Gasteiger partial charge in [-0.15, -0.1) is 0 Å². The van der Waals surface area contributed by atoms with Gasteiger partial charge in [0.2, 0.25) is 11.8 Å². The van der Waals surface area contributed by atoms with Crippen molar-refractivity contribution in [3.05, 3.63) is 64.7 Å². The van der Waals surface area contributed by atoms with Crippen molar-refractivity contribution in [2.24, 2.45) is 0 Å². The number of likely N-dealkylation sites (tertiary alicyclic amines) is 1. The lowest BCUT2D eigenvalue weighted by Gasteiger charge is -2.31. The minimum Gasteiger partial charge on any atom is -0.329 e. The van der Waals surface area contributed by atoms with Crippen LogP contribution in [0, 0.1) is 13.8 Å². The average Bonchev–Trinajstić information content (AvgIpc) is 3.16. The molecule has 0 radical (unpaired) electrons. The molecule has 1 fully saturated rings. The van der Waals surface area contributed by atoms with E-state index in [2.05, 4.69) is 28.8 Å². The van der Waals surface area contributed by atoms with Gasteiger partial charge in [0.1, 0.15) is 6.04 Å². The number of hydrogen-bond donors (Lipinski definition) is 2. The summed E-state index contributed by atoms with van der Waals surface area (Å²) in [5.41, 5.74) is 5.48. The number of benzene rings is 2. The van der Waals surface area contributed by atoms with Crippen LogP contribution in [0.4, 0.5) is 5.69 Å². The van der Waals surface area contributed by atoms with Gasteiger partial charge in [0, 0.05) is 18.8 Å². The number of carbonyl (C=O) groups is 2. The summed E-state index contributed by atoms with van der Waals surface area (Å²) in [4.78, 5) is 27.8. The Labute approximate surface area is 166 Å². The number of fused-ring (bicyclic) bond motifs is 1. The third kappa shape index (κ3) is 3.80. The molecule has 2 heterocycles. The van der Waals surface area contributed by atoms with Gasteiger partial charge in [-0.1, -0.05) is 30.3 Å². The number of amides is 2. The maximum absolute atomic E-state index is 13.2. The lowest BCUT2D eigenvalue weighted by atomic mass is 9.95. The van der Waals surface area contributed by atoms with E-state index in [-0.39, 0.29) is 17.9 Å². The van der Waals surface area contributed by atoms with Crippen LogP contribution < -0.4 is 10.6 Å². The van der Waals surface area contributed by atoms with Crippen molar-refractivity contribution in [2.45, 2.75) is 51.7 Å². The van der Waals surface area contributed by atoms with Gasteiger partial charge in [0.15, 0.2) is 0 Å². The molecule has 0 saturated carbocycles. The van der Waals surface area contributed by atoms with Gasteiger partial charge >= 0.3 is 0 Å². The molecule has 2 aliphatic heterocycles. The summed E-state index contributed by atoms with van der Waals surface area (Å²) in [7, 11) is 0. The summed E-state index contributed by atoms with van der Waals surface area (Å²) < 4.78 is 0. The smallest absolute Gasteiger partial charge is 0.247 e. The standard InChI is InChI=1S/C23H27N3O2/c1-15-10-16(2)12-19(11-15)25-22(27)21-8-5-9-26(21)23(28)20-13-17-6-3-4-7-18(17)14-24-20/h3-4,6-7,10-12,20-21,24H,5,8-9,13-14H2,1-2H3,(H,25,27)/t20-,21-/m1/s1. The van der Waals surface area contributed by atoms with Crippen LogP contribution in [0.3, 0.4) is 0 Å². The van der Waals surface area contributed by atoms with E-state index in [1.807, 2.05) is 38.1 Å². The maximum atomic E-state index is 13.2. The minimum atomic E-state index is -0.396. The SMILES string of the molecule is Cc1cc(C)cc(NC(=O)[C@H]2CCCN2C(=O)[C@H]2Cc3ccccc3CN2)c1. The van der Waals surface area contributed by atoms with Gasteiger partial charge in [-0.2, -0.15) is 0 Å². The van der Waals surface area contributed by atoms with Crippen molar-refractivity contribution in [2.75, 3.05) is 11.9 Å². The van der Waals surface area contributed by atoms with Gasteiger partial charge in [0.25, 0.3) is 0 Å². The summed E-state index contributed by atoms with van der Waals surface area (Å²) in [6.07, 6.45) is 2.25. The molecule has 5 heteroatoms. The number of nitrogens with one attached hydrogen (secondary N) is 2. The molecule has 0 bridgehead atoms. The normalized spacial score (nSPS) is 21.3. The summed E-state index contributed by atoms with van der Waals surface area (Å²) in [5, 5.41) is 6.37. The molecule has 0 spiro atoms. The van der Waals surface area contributed by atoms with E-state index in [0.29, 0.717) is 25.9 Å². The van der Waals surface area contributed by atoms with E-state index < -0.39 is 6.04 Å². The van der Waals surface area contributed by atoms with Crippen LogP contribution in [0.15, 0.2) is 42.5 Å². The zero-order valence-corrected chi connectivity index (χ0v) is 16.5. The van der Waals surface area contributed by atoms with Crippen molar-refractivity contribution >= 4 is 17.5 Å². The lowest BCUT2D eigenvalue weighted by Crippen LogP contribution is -2.53. The zero-order chi connectivity index (χ0) is 19.7. The molecule has 146 valence electrons. The summed E-state index contributed by atoms with van der Waals surface area (Å²) in [5.74, 6) is -0.0559. The van der Waals surface area contributed by atoms with E-state index in [4.69, 9.17) is 0 Å². The van der Waals surface area contributed by atoms with Crippen LogP contribution in [-0.2, 0) is 22.6 Å². The van der Waals surface area contributed by atoms with E-state index in [9.17, 15) is 9.59 Å². The van der Waals surface area contributed by atoms with E-state index >= 15 is 0 Å². The van der Waals surface area contributed by atoms with Crippen LogP contribution >= 0.6 is 0 Å². The molecule has 2 aromatic rings. The number of hydrogen-bond acceptors (Lipinski definition) is 3. The van der Waals surface area contributed by atoms with Crippen LogP contribution in [0.1, 0.15) is 35.1 Å². The van der Waals surface area contributed by atoms with Gasteiger partial charge in [-0.25, -0.2) is 0 Å². The molecule has 1 saturated heterocycles. The van der Waals surface area contributed by atoms with Crippen molar-refractivity contribution in [3.8, 4) is 0 Å². The molecule has 0 aromatic heterocycles. The molecule has 2 amide bonds. The van der Waals surface area contributed by atoms with Crippen molar-refractivity contribution in [1.82, 2.24) is 10.2 Å². The Morgan fingerprint density at radius 3 is 2.54 bits per heavy atom. The predicted molar refractivity (Wildman–Crippen MR) is 110 cm³/mol. The number of aryl methyl sites for hydroxylation is 2. The molecule has 2 atom stereocenters. The van der Waals surface area contributed by atoms with E-state index in [1.54, 1.807) is 4.90 Å². The number of rotatable bonds is 3. The molecule has 2 aliphatic rings. The monoisotopic (exact) mass is 377 g/mol. The Bertz CT molecular complexity index is 888. The highest BCUT2D eigenvalue weighted by Crippen LogP contribution is 2.24. The largest absolute Gasteiger partial charge is 0.329 e. The zero-order valence-electron chi connectivity index (χ0n) is 16.5. The first-order chi connectivity index (χ1) is 13.5. The molecule has 0 unspecified atom stereocenters. The first-order valence-corrected chi connectivity index (χ1v) is 10.0. The van der Waals surface area contributed by atoms with Gasteiger partial charge in [-0.3, -0.25) is 9.59 Å². The Hall–Kier alpha value is -2.66. The summed E-state index contributed by atoms with van der Waals surface area (Å²) in [6.45, 7) is 5.37. The van der Waals surface area contributed by atoms with E-state index in [1.165, 1.54) is 11.1 Å². The van der Waals surface area contributed by atoms with Crippen molar-refractivity contribution in [3.63, 3.8) is 0 Å². The summed E-state index contributed by atoms with van der Waals surface area (Å²) in [6, 6.07) is 13.6. The third-order valence-electron chi connectivity index (χ3n) is 5.71. The molecule has 4 rings (SSSR count). The lowest BCUT2D eigenvalue weighted by molar-refractivity contribution is -0.138. The minimum absolute atomic E-state index is 0.0348. The first-order valence-electron chi connectivity index (χ1n) is 10.0. The van der Waals surface area contributed by atoms with E-state index in [0.717, 1.165) is 23.2 Å². The molecule has 28 heavy (non-hydrogen) atoms. The highest BCUT2D eigenvalue weighted by Gasteiger charge is 2.38. The van der Waals surface area contributed by atoms with Crippen molar-refractivity contribution in [1.29, 1.82) is 0 Å². The van der Waals surface area contributed by atoms with Gasteiger partial charge in [-0.05, 0) is 67.5 Å². The Morgan fingerprint density at radius 2 is 1.79 bits per heavy atom. The quantitative estimate of drug-likeness (QED) is 0.865. The molecule has 2 aromatic carbocycles. The Balaban J connectivity index is 1.45. The third-order valence-corrected chi connectivity index (χ3v) is 5.71. The van der Waals surface area contributed by atoms with Crippen LogP contribution in [0.25, 0.3) is 0 Å². The van der Waals surface area contributed by atoms with Crippen LogP contribution in [0.5, 0.6) is 0 Å². The fourth-order valence-electron chi connectivity index (χ4n) is 4.40. The fraction of sp³-hybridized carbons (Fsp3) is 0.391. The molecular weight excluding hydrogens is 350 g/mol. The topological polar surface area (TPSA) is 61.4 Å². The number of nitrogens with zero attached hydrogens (tertiary/aromatic N) is 1. The predicted octanol–water partition coefficient (Wildman–Crippen LogP) is 2.95. The van der Waals surface area contributed by atoms with Crippen molar-refractivity contribution < 1.29 is 9.59 Å². The average molecular weight is 377 g/mol. The maximum Gasteiger partial charge on any atom is 0.247 e. The molecule has 5 nitrogen and oxygen atoms in total. The van der Waals surface area contributed by atoms with Crippen LogP contribution in [-0.4, -0.2) is 35.3 Å². The number of anilines is 1. The summed E-state index contributed by atoms with van der Waals surface area (Å²) >= 11 is 0. The highest BCUT2D eigenvalue weighted by molar-refractivity contribution is 5.98. The van der Waals surface area contributed by atoms with Gasteiger partial charge in [0.05, 0.1) is 6.04 Å². The molecule has 0 aliphatic carbocycles. The Kier molecular flexibility index (Phi) is 5.18. The first kappa shape index (κ1) is 18.7. The van der Waals surface area contributed by atoms with Crippen LogP contribution in [0.2, 0.25) is 0 Å². The molecule has 2 N–H and O–H groups in total. The fourth-order valence-corrected chi connectivity index (χ4v) is 4.40. The molecular formula is C23H27N3O2. The second kappa shape index (κ2) is 7.76. The second-order valence-electron chi connectivity index (χ2n) is 7.96. The number of carbonyl (C=O) groups excluding carboxylic acids is 2. The Morgan fingerprint density at radius 1 is 1.07 bits per heavy atom. The highest BCUT2D eigenvalue weighted by atomic mass is 16.2. The second-order valence-corrected chi connectivity index (χ2v) is 7.96.